The third-order valence-corrected chi connectivity index (χ3v) is 2.85. The first-order valence-electron chi connectivity index (χ1n) is 6.27. The van der Waals surface area contributed by atoms with Crippen molar-refractivity contribution in [3.63, 3.8) is 0 Å². The summed E-state index contributed by atoms with van der Waals surface area (Å²) in [7, 11) is 0. The van der Waals surface area contributed by atoms with Crippen LogP contribution < -0.4 is 15.8 Å². The summed E-state index contributed by atoms with van der Waals surface area (Å²) in [6.07, 6.45) is 1.58. The fourth-order valence-corrected chi connectivity index (χ4v) is 1.78. The van der Waals surface area contributed by atoms with E-state index in [2.05, 4.69) is 10.3 Å². The van der Waals surface area contributed by atoms with E-state index in [0.29, 0.717) is 5.69 Å². The van der Waals surface area contributed by atoms with Gasteiger partial charge < -0.3 is 15.7 Å². The second-order valence-corrected chi connectivity index (χ2v) is 4.41. The van der Waals surface area contributed by atoms with Crippen LogP contribution in [0.1, 0.15) is 16.1 Å². The van der Waals surface area contributed by atoms with Crippen molar-refractivity contribution in [1.82, 2.24) is 10.3 Å². The van der Waals surface area contributed by atoms with Gasteiger partial charge in [-0.15, -0.1) is 0 Å². The van der Waals surface area contributed by atoms with Gasteiger partial charge in [0.1, 0.15) is 0 Å². The van der Waals surface area contributed by atoms with Crippen LogP contribution in [0, 0.1) is 10.4 Å². The number of hydrogen-bond donors (Lipinski definition) is 5. The van der Waals surface area contributed by atoms with Crippen molar-refractivity contribution in [2.45, 2.75) is 6.54 Å². The predicted molar refractivity (Wildman–Crippen MR) is 73.4 cm³/mol. The molecule has 116 valence electrons. The highest BCUT2D eigenvalue weighted by atomic mass is 16.8. The molecule has 2 aromatic rings. The van der Waals surface area contributed by atoms with Crippen molar-refractivity contribution in [1.29, 1.82) is 0 Å². The Hall–Kier alpha value is -2.40. The van der Waals surface area contributed by atoms with Gasteiger partial charge in [-0.05, 0) is 12.1 Å². The van der Waals surface area contributed by atoms with Crippen LogP contribution in [0.2, 0.25) is 0 Å². The Kier molecular flexibility index (Phi) is 5.12. The lowest BCUT2D eigenvalue weighted by Gasteiger charge is -2.17. The highest BCUT2D eigenvalue weighted by Gasteiger charge is 2.15. The molecule has 2 unspecified atom stereocenters. The Morgan fingerprint density at radius 3 is 2.27 bits per heavy atom. The van der Waals surface area contributed by atoms with Crippen LogP contribution in [-0.4, -0.2) is 21.3 Å². The van der Waals surface area contributed by atoms with Gasteiger partial charge in [0.2, 0.25) is 0 Å². The lowest BCUT2D eigenvalue weighted by Crippen LogP contribution is -3.00. The number of carbonyl (C=O) groups excluding carboxylic acids is 1. The number of benzene rings is 1. The molecule has 0 saturated carbocycles. The summed E-state index contributed by atoms with van der Waals surface area (Å²) in [5.74, 6) is -0.573. The zero-order valence-corrected chi connectivity index (χ0v) is 11.3. The quantitative estimate of drug-likeness (QED) is 0.441. The summed E-state index contributed by atoms with van der Waals surface area (Å²) in [6.45, 7) is 0.152. The van der Waals surface area contributed by atoms with Crippen LogP contribution in [0.3, 0.4) is 0 Å². The molecule has 2 atom stereocenters. The van der Waals surface area contributed by atoms with E-state index < -0.39 is 16.4 Å². The van der Waals surface area contributed by atoms with Crippen LogP contribution in [0.4, 0.5) is 11.4 Å². The van der Waals surface area contributed by atoms with Crippen molar-refractivity contribution >= 4 is 17.3 Å². The minimum Gasteiger partial charge on any atom is -0.595 e. The van der Waals surface area contributed by atoms with E-state index in [-0.39, 0.29) is 23.5 Å². The van der Waals surface area contributed by atoms with Crippen LogP contribution in [0.15, 0.2) is 42.6 Å². The molecule has 0 aliphatic rings. The molecule has 0 fully saturated rings. The topological polar surface area (TPSA) is 137 Å². The maximum atomic E-state index is 12.0. The minimum absolute atomic E-state index is 0.0340. The highest BCUT2D eigenvalue weighted by Crippen LogP contribution is 2.13. The van der Waals surface area contributed by atoms with E-state index in [1.807, 2.05) is 0 Å². The van der Waals surface area contributed by atoms with E-state index in [9.17, 15) is 15.2 Å². The van der Waals surface area contributed by atoms with Crippen molar-refractivity contribution in [3.8, 4) is 0 Å². The second-order valence-electron chi connectivity index (χ2n) is 4.41. The molecule has 9 nitrogen and oxygen atoms in total. The molecule has 9 heteroatoms. The first-order valence-corrected chi connectivity index (χ1v) is 6.27. The Morgan fingerprint density at radius 1 is 1.14 bits per heavy atom. The second kappa shape index (κ2) is 7.04. The third-order valence-electron chi connectivity index (χ3n) is 2.85. The van der Waals surface area contributed by atoms with Gasteiger partial charge in [-0.1, -0.05) is 6.07 Å². The fourth-order valence-electron chi connectivity index (χ4n) is 1.78. The zero-order valence-electron chi connectivity index (χ0n) is 11.3. The van der Waals surface area contributed by atoms with Crippen LogP contribution >= 0.6 is 0 Å². The van der Waals surface area contributed by atoms with Crippen molar-refractivity contribution < 1.29 is 25.7 Å². The van der Waals surface area contributed by atoms with Gasteiger partial charge in [-0.3, -0.25) is 9.78 Å². The minimum atomic E-state index is -1.30. The fraction of sp³-hybridized carbons (Fsp3) is 0.0769. The largest absolute Gasteiger partial charge is 0.595 e. The molecular formula is C13H14N4O5. The standard InChI is InChI=1S/C13H14N4O5/c18-13(15-8-10-3-1-2-4-14-10)9-5-11(16(19)20)7-12(6-9)17(21)22/h1-7,16-17,19,21H,8H2,(H,15,18). The van der Waals surface area contributed by atoms with E-state index in [4.69, 9.17) is 10.4 Å². The molecule has 1 amide bonds. The number of nitrogens with one attached hydrogen (secondary N) is 3. The van der Waals surface area contributed by atoms with Crippen LogP contribution in [0.5, 0.6) is 0 Å². The molecule has 0 spiro atoms. The number of pyridine rings is 1. The van der Waals surface area contributed by atoms with E-state index >= 15 is 0 Å². The average molecular weight is 306 g/mol. The number of rotatable bonds is 5. The molecule has 0 aliphatic heterocycles. The molecular weight excluding hydrogens is 292 g/mol. The van der Waals surface area contributed by atoms with E-state index in [1.165, 1.54) is 0 Å². The van der Waals surface area contributed by atoms with Gasteiger partial charge in [0.05, 0.1) is 23.9 Å². The molecule has 1 aromatic carbocycles. The summed E-state index contributed by atoms with van der Waals surface area (Å²) >= 11 is 0. The number of carbonyl (C=O) groups is 1. The summed E-state index contributed by atoms with van der Waals surface area (Å²) in [6, 6.07) is 8.48. The summed E-state index contributed by atoms with van der Waals surface area (Å²) < 4.78 is 0. The highest BCUT2D eigenvalue weighted by molar-refractivity contribution is 5.95. The van der Waals surface area contributed by atoms with Gasteiger partial charge >= 0.3 is 0 Å². The van der Waals surface area contributed by atoms with Gasteiger partial charge in [0.15, 0.2) is 11.4 Å². The number of quaternary nitrogens is 2. The molecule has 0 bridgehead atoms. The van der Waals surface area contributed by atoms with Crippen molar-refractivity contribution in [2.75, 3.05) is 0 Å². The molecule has 2 rings (SSSR count). The van der Waals surface area contributed by atoms with Gasteiger partial charge in [-0.25, -0.2) is 10.4 Å². The van der Waals surface area contributed by atoms with Crippen LogP contribution in [-0.2, 0) is 6.54 Å². The lowest BCUT2D eigenvalue weighted by molar-refractivity contribution is -0.996. The first kappa shape index (κ1) is 16.0. The molecule has 0 radical (unpaired) electrons. The summed E-state index contributed by atoms with van der Waals surface area (Å²) in [5.41, 5.74) is 0.0719. The molecule has 5 N–H and O–H groups in total. The monoisotopic (exact) mass is 306 g/mol. The number of amides is 1. The molecule has 1 heterocycles. The number of nitrogens with zero attached hydrogens (tertiary/aromatic N) is 1. The maximum Gasteiger partial charge on any atom is 0.252 e. The summed E-state index contributed by atoms with van der Waals surface area (Å²) in [5, 5.41) is 39.9. The zero-order chi connectivity index (χ0) is 16.1. The Bertz CT molecular complexity index is 622. The number of aromatic nitrogens is 1. The predicted octanol–water partition coefficient (Wildman–Crippen LogP) is -1.18. The van der Waals surface area contributed by atoms with Crippen molar-refractivity contribution in [2.24, 2.45) is 0 Å². The Morgan fingerprint density at radius 2 is 1.77 bits per heavy atom. The summed E-state index contributed by atoms with van der Waals surface area (Å²) in [4.78, 5) is 16.1. The Balaban J connectivity index is 2.17. The SMILES string of the molecule is O=C(NCc1ccccn1)c1cc([NH+]([O-])O)cc([NH+]([O-])O)c1. The third kappa shape index (κ3) is 4.05. The van der Waals surface area contributed by atoms with Crippen LogP contribution in [0.25, 0.3) is 0 Å². The normalized spacial score (nSPS) is 13.5. The van der Waals surface area contributed by atoms with Gasteiger partial charge in [0.25, 0.3) is 5.91 Å². The first-order chi connectivity index (χ1) is 10.5. The smallest absolute Gasteiger partial charge is 0.252 e. The van der Waals surface area contributed by atoms with E-state index in [0.717, 1.165) is 18.2 Å². The molecule has 0 saturated heterocycles. The van der Waals surface area contributed by atoms with Crippen molar-refractivity contribution in [3.05, 3.63) is 64.3 Å². The molecule has 0 aliphatic carbocycles. The number of hydrogen-bond acceptors (Lipinski definition) is 6. The lowest BCUT2D eigenvalue weighted by atomic mass is 10.1. The van der Waals surface area contributed by atoms with Gasteiger partial charge in [0, 0.05) is 18.3 Å². The van der Waals surface area contributed by atoms with E-state index in [1.54, 1.807) is 24.4 Å². The Labute approximate surface area is 125 Å². The van der Waals surface area contributed by atoms with Gasteiger partial charge in [-0.2, -0.15) is 10.5 Å². The maximum absolute atomic E-state index is 12.0. The molecule has 1 aromatic heterocycles. The average Bonchev–Trinajstić information content (AvgIpc) is 2.53. The molecule has 22 heavy (non-hydrogen) atoms.